The van der Waals surface area contributed by atoms with Gasteiger partial charge in [0.2, 0.25) is 5.91 Å². The fourth-order valence-electron chi connectivity index (χ4n) is 3.77. The normalized spacial score (nSPS) is 35.1. The van der Waals surface area contributed by atoms with Gasteiger partial charge in [0, 0.05) is 10.7 Å². The second-order valence-electron chi connectivity index (χ2n) is 5.83. The zero-order chi connectivity index (χ0) is 15.5. The number of fused-ring (bicyclic) bond motifs is 1. The molecule has 0 N–H and O–H groups in total. The summed E-state index contributed by atoms with van der Waals surface area (Å²) in [4.78, 5) is 26.6. The first-order chi connectivity index (χ1) is 10.6. The van der Waals surface area contributed by atoms with Crippen LogP contribution in [0.15, 0.2) is 36.4 Å². The predicted molar refractivity (Wildman–Crippen MR) is 79.5 cm³/mol. The molecule has 0 saturated carbocycles. The van der Waals surface area contributed by atoms with Crippen molar-refractivity contribution >= 4 is 29.2 Å². The SMILES string of the molecule is COC(=O)[C@@H]1[C@H]2C=C[C@@]3(CN(c4cccc(Cl)c4)C(=O)[C@@H]13)O2. The van der Waals surface area contributed by atoms with E-state index in [1.165, 1.54) is 7.11 Å². The number of nitrogens with zero attached hydrogens (tertiary/aromatic N) is 1. The number of methoxy groups -OCH3 is 1. The van der Waals surface area contributed by atoms with E-state index in [0.29, 0.717) is 17.3 Å². The molecule has 2 fully saturated rings. The van der Waals surface area contributed by atoms with Gasteiger partial charge in [-0.25, -0.2) is 0 Å². The van der Waals surface area contributed by atoms with E-state index >= 15 is 0 Å². The molecule has 1 aromatic carbocycles. The molecule has 3 aliphatic heterocycles. The quantitative estimate of drug-likeness (QED) is 0.616. The Morgan fingerprint density at radius 2 is 2.32 bits per heavy atom. The number of benzene rings is 1. The molecular weight excluding hydrogens is 306 g/mol. The number of hydrogen-bond acceptors (Lipinski definition) is 4. The van der Waals surface area contributed by atoms with Crippen LogP contribution in [0.1, 0.15) is 0 Å². The Hall–Kier alpha value is -1.85. The second-order valence-corrected chi connectivity index (χ2v) is 6.26. The van der Waals surface area contributed by atoms with Gasteiger partial charge in [-0.2, -0.15) is 0 Å². The first-order valence-electron chi connectivity index (χ1n) is 7.08. The number of carbonyl (C=O) groups excluding carboxylic acids is 2. The van der Waals surface area contributed by atoms with Crippen LogP contribution in [0.5, 0.6) is 0 Å². The Balaban J connectivity index is 1.73. The summed E-state index contributed by atoms with van der Waals surface area (Å²) < 4.78 is 10.8. The van der Waals surface area contributed by atoms with Gasteiger partial charge in [0.05, 0.1) is 25.7 Å². The van der Waals surface area contributed by atoms with Crippen molar-refractivity contribution < 1.29 is 19.1 Å². The average Bonchev–Trinajstić information content (AvgIpc) is 3.15. The largest absolute Gasteiger partial charge is 0.469 e. The zero-order valence-corrected chi connectivity index (χ0v) is 12.6. The minimum absolute atomic E-state index is 0.121. The van der Waals surface area contributed by atoms with Gasteiger partial charge in [0.15, 0.2) is 0 Å². The standard InChI is InChI=1S/C16H14ClNO4/c1-21-15(20)12-11-5-6-16(22-11)8-18(14(19)13(12)16)10-4-2-3-9(17)7-10/h2-7,11-13H,8H2,1H3/t11-,12-,13-,16+/m1/s1. The van der Waals surface area contributed by atoms with Gasteiger partial charge < -0.3 is 14.4 Å². The van der Waals surface area contributed by atoms with E-state index in [9.17, 15) is 9.59 Å². The highest BCUT2D eigenvalue weighted by Crippen LogP contribution is 2.52. The Kier molecular flexibility index (Phi) is 2.86. The molecule has 0 unspecified atom stereocenters. The molecule has 5 nitrogen and oxygen atoms in total. The van der Waals surface area contributed by atoms with Crippen LogP contribution in [0, 0.1) is 11.8 Å². The first-order valence-corrected chi connectivity index (χ1v) is 7.45. The Morgan fingerprint density at radius 1 is 1.50 bits per heavy atom. The summed E-state index contributed by atoms with van der Waals surface area (Å²) >= 11 is 6.01. The van der Waals surface area contributed by atoms with Crippen LogP contribution >= 0.6 is 11.6 Å². The number of hydrogen-bond donors (Lipinski definition) is 0. The van der Waals surface area contributed by atoms with Crippen LogP contribution in [-0.2, 0) is 19.1 Å². The molecule has 22 heavy (non-hydrogen) atoms. The van der Waals surface area contributed by atoms with Crippen LogP contribution in [-0.4, -0.2) is 37.2 Å². The molecule has 3 heterocycles. The van der Waals surface area contributed by atoms with Crippen LogP contribution in [0.4, 0.5) is 5.69 Å². The summed E-state index contributed by atoms with van der Waals surface area (Å²) in [5, 5.41) is 0.560. The number of carbonyl (C=O) groups is 2. The minimum Gasteiger partial charge on any atom is -0.469 e. The molecular formula is C16H14ClNO4. The van der Waals surface area contributed by atoms with E-state index in [1.807, 2.05) is 18.2 Å². The van der Waals surface area contributed by atoms with Gasteiger partial charge in [-0.1, -0.05) is 29.8 Å². The summed E-state index contributed by atoms with van der Waals surface area (Å²) in [6, 6.07) is 7.11. The predicted octanol–water partition coefficient (Wildman–Crippen LogP) is 1.80. The van der Waals surface area contributed by atoms with E-state index in [-0.39, 0.29) is 12.0 Å². The third-order valence-electron chi connectivity index (χ3n) is 4.69. The monoisotopic (exact) mass is 319 g/mol. The molecule has 0 aromatic heterocycles. The molecule has 3 aliphatic rings. The number of anilines is 1. The lowest BCUT2D eigenvalue weighted by molar-refractivity contribution is -0.149. The lowest BCUT2D eigenvalue weighted by atomic mass is 9.77. The number of amides is 1. The average molecular weight is 320 g/mol. The maximum absolute atomic E-state index is 12.9. The van der Waals surface area contributed by atoms with E-state index in [0.717, 1.165) is 0 Å². The molecule has 4 rings (SSSR count). The molecule has 0 aliphatic carbocycles. The van der Waals surface area contributed by atoms with Gasteiger partial charge in [-0.3, -0.25) is 9.59 Å². The summed E-state index contributed by atoms with van der Waals surface area (Å²) in [6.45, 7) is 0.386. The maximum Gasteiger partial charge on any atom is 0.312 e. The van der Waals surface area contributed by atoms with Crippen LogP contribution in [0.3, 0.4) is 0 Å². The molecule has 2 bridgehead atoms. The Morgan fingerprint density at radius 3 is 3.05 bits per heavy atom. The Labute approximate surface area is 132 Å². The van der Waals surface area contributed by atoms with Crippen molar-refractivity contribution in [2.75, 3.05) is 18.6 Å². The molecule has 1 spiro atoms. The lowest BCUT2D eigenvalue weighted by Crippen LogP contribution is -2.39. The van der Waals surface area contributed by atoms with Crippen LogP contribution < -0.4 is 4.90 Å². The summed E-state index contributed by atoms with van der Waals surface area (Å²) in [5.41, 5.74) is -0.0199. The topological polar surface area (TPSA) is 55.8 Å². The highest BCUT2D eigenvalue weighted by Gasteiger charge is 2.67. The smallest absolute Gasteiger partial charge is 0.312 e. The number of rotatable bonds is 2. The number of ether oxygens (including phenoxy) is 2. The molecule has 114 valence electrons. The number of halogens is 1. The van der Waals surface area contributed by atoms with Gasteiger partial charge in [-0.05, 0) is 18.2 Å². The van der Waals surface area contributed by atoms with Crippen molar-refractivity contribution in [3.8, 4) is 0 Å². The molecule has 1 amide bonds. The molecule has 4 atom stereocenters. The fourth-order valence-corrected chi connectivity index (χ4v) is 3.95. The summed E-state index contributed by atoms with van der Waals surface area (Å²) in [6.07, 6.45) is 3.39. The van der Waals surface area contributed by atoms with Gasteiger partial charge in [-0.15, -0.1) is 0 Å². The lowest BCUT2D eigenvalue weighted by Gasteiger charge is -2.22. The summed E-state index contributed by atoms with van der Waals surface area (Å²) in [5.74, 6) is -1.63. The van der Waals surface area contributed by atoms with Crippen molar-refractivity contribution in [1.29, 1.82) is 0 Å². The highest BCUT2D eigenvalue weighted by atomic mass is 35.5. The van der Waals surface area contributed by atoms with Crippen molar-refractivity contribution in [2.45, 2.75) is 11.7 Å². The van der Waals surface area contributed by atoms with Crippen LogP contribution in [0.25, 0.3) is 0 Å². The van der Waals surface area contributed by atoms with E-state index in [4.69, 9.17) is 21.1 Å². The molecule has 6 heteroatoms. The van der Waals surface area contributed by atoms with Gasteiger partial charge in [0.1, 0.15) is 11.5 Å². The number of esters is 1. The van der Waals surface area contributed by atoms with Gasteiger partial charge in [0.25, 0.3) is 0 Å². The van der Waals surface area contributed by atoms with E-state index in [2.05, 4.69) is 0 Å². The fraction of sp³-hybridized carbons (Fsp3) is 0.375. The third-order valence-corrected chi connectivity index (χ3v) is 4.93. The van der Waals surface area contributed by atoms with Crippen molar-refractivity contribution in [3.63, 3.8) is 0 Å². The highest BCUT2D eigenvalue weighted by molar-refractivity contribution is 6.31. The van der Waals surface area contributed by atoms with Gasteiger partial charge >= 0.3 is 5.97 Å². The maximum atomic E-state index is 12.9. The van der Waals surface area contributed by atoms with Crippen molar-refractivity contribution in [3.05, 3.63) is 41.4 Å². The second kappa shape index (κ2) is 4.57. The molecule has 0 radical (unpaired) electrons. The van der Waals surface area contributed by atoms with E-state index < -0.39 is 23.4 Å². The van der Waals surface area contributed by atoms with Crippen LogP contribution in [0.2, 0.25) is 5.02 Å². The zero-order valence-electron chi connectivity index (χ0n) is 11.9. The van der Waals surface area contributed by atoms with Crippen molar-refractivity contribution in [2.24, 2.45) is 11.8 Å². The Bertz CT molecular complexity index is 703. The molecule has 1 aromatic rings. The third kappa shape index (κ3) is 1.69. The van der Waals surface area contributed by atoms with E-state index in [1.54, 1.807) is 23.1 Å². The minimum atomic E-state index is -0.733. The summed E-state index contributed by atoms with van der Waals surface area (Å²) in [7, 11) is 1.33. The molecule has 2 saturated heterocycles. The first kappa shape index (κ1) is 13.8. The van der Waals surface area contributed by atoms with Crippen molar-refractivity contribution in [1.82, 2.24) is 0 Å².